The van der Waals surface area contributed by atoms with Crippen molar-refractivity contribution < 1.29 is 34.4 Å². The predicted molar refractivity (Wildman–Crippen MR) is 198 cm³/mol. The Balaban J connectivity index is 0.000000190. The van der Waals surface area contributed by atoms with Crippen molar-refractivity contribution in [1.29, 1.82) is 0 Å². The first-order valence-corrected chi connectivity index (χ1v) is 16.2. The van der Waals surface area contributed by atoms with Crippen molar-refractivity contribution in [2.75, 3.05) is 0 Å². The lowest BCUT2D eigenvalue weighted by Crippen LogP contribution is -2.22. The zero-order valence-corrected chi connectivity index (χ0v) is 28.6. The maximum absolute atomic E-state index is 12.1. The summed E-state index contributed by atoms with van der Waals surface area (Å²) in [7, 11) is 0. The van der Waals surface area contributed by atoms with Crippen molar-refractivity contribution in [3.63, 3.8) is 0 Å². The van der Waals surface area contributed by atoms with Gasteiger partial charge in [0.15, 0.2) is 0 Å². The van der Waals surface area contributed by atoms with Crippen molar-refractivity contribution >= 4 is 35.1 Å². The van der Waals surface area contributed by atoms with Gasteiger partial charge in [-0.25, -0.2) is 4.79 Å². The van der Waals surface area contributed by atoms with Crippen molar-refractivity contribution in [1.82, 2.24) is 5.32 Å². The van der Waals surface area contributed by atoms with Crippen molar-refractivity contribution in [3.8, 4) is 34.5 Å². The van der Waals surface area contributed by atoms with Crippen LogP contribution < -0.4 is 20.5 Å². The van der Waals surface area contributed by atoms with Gasteiger partial charge >= 0.3 is 5.97 Å². The maximum Gasteiger partial charge on any atom is 0.339 e. The molecule has 9 nitrogen and oxygen atoms in total. The van der Waals surface area contributed by atoms with E-state index >= 15 is 0 Å². The van der Waals surface area contributed by atoms with Crippen LogP contribution in [0.25, 0.3) is 0 Å². The number of aromatic carboxylic acids is 1. The third-order valence-corrected chi connectivity index (χ3v) is 7.36. The minimum atomic E-state index is -1.19. The van der Waals surface area contributed by atoms with Crippen LogP contribution in [0.3, 0.4) is 0 Å². The van der Waals surface area contributed by atoms with Gasteiger partial charge in [-0.3, -0.25) is 4.79 Å². The number of rotatable bonds is 9. The Bertz CT molecular complexity index is 2010. The molecule has 6 aromatic carbocycles. The van der Waals surface area contributed by atoms with Gasteiger partial charge in [0.1, 0.15) is 40.1 Å². The van der Waals surface area contributed by atoms with E-state index in [-0.39, 0.29) is 28.5 Å². The average Bonchev–Trinajstić information content (AvgIpc) is 3.15. The summed E-state index contributed by atoms with van der Waals surface area (Å²) in [5.74, 6) is 1.20. The van der Waals surface area contributed by atoms with E-state index in [1.54, 1.807) is 0 Å². The lowest BCUT2D eigenvalue weighted by molar-refractivity contribution is 0.0693. The van der Waals surface area contributed by atoms with Crippen LogP contribution >= 0.6 is 23.2 Å². The van der Waals surface area contributed by atoms with Crippen LogP contribution in [0.5, 0.6) is 34.5 Å². The molecule has 0 spiro atoms. The summed E-state index contributed by atoms with van der Waals surface area (Å²) in [6, 6.07) is 42.6. The molecular formula is C40H34Cl2N2O7. The number of halogens is 2. The number of ether oxygens (including phenoxy) is 2. The second-order valence-corrected chi connectivity index (χ2v) is 11.5. The van der Waals surface area contributed by atoms with E-state index in [9.17, 15) is 14.7 Å². The summed E-state index contributed by atoms with van der Waals surface area (Å²) in [5, 5.41) is 30.6. The lowest BCUT2D eigenvalue weighted by atomic mass is 10.1. The number of nitrogens with one attached hydrogen (secondary N) is 1. The van der Waals surface area contributed by atoms with Gasteiger partial charge < -0.3 is 35.8 Å². The van der Waals surface area contributed by atoms with Gasteiger partial charge in [0.2, 0.25) is 0 Å². The van der Waals surface area contributed by atoms with E-state index in [1.165, 1.54) is 36.4 Å². The highest BCUT2D eigenvalue weighted by Gasteiger charge is 2.12. The molecule has 0 aliphatic carbocycles. The number of amides is 1. The number of benzene rings is 6. The second-order valence-electron chi connectivity index (χ2n) is 10.6. The first-order valence-electron chi connectivity index (χ1n) is 15.4. The van der Waals surface area contributed by atoms with Crippen LogP contribution in [0.2, 0.25) is 10.0 Å². The van der Waals surface area contributed by atoms with E-state index in [1.807, 2.05) is 109 Å². The molecule has 0 aromatic heterocycles. The zero-order chi connectivity index (χ0) is 36.6. The third kappa shape index (κ3) is 12.4. The predicted octanol–water partition coefficient (Wildman–Crippen LogP) is 9.45. The number of nitrogens with two attached hydrogens (primary N) is 1. The van der Waals surface area contributed by atoms with Gasteiger partial charge in [-0.15, -0.1) is 0 Å². The van der Waals surface area contributed by atoms with Crippen LogP contribution in [-0.2, 0) is 13.1 Å². The molecule has 0 saturated heterocycles. The molecule has 1 amide bonds. The summed E-state index contributed by atoms with van der Waals surface area (Å²) in [6.45, 7) is 0.891. The van der Waals surface area contributed by atoms with Crippen LogP contribution in [0.15, 0.2) is 146 Å². The van der Waals surface area contributed by atoms with E-state index in [0.29, 0.717) is 28.9 Å². The molecule has 0 radical (unpaired) electrons. The van der Waals surface area contributed by atoms with Gasteiger partial charge in [0.25, 0.3) is 5.91 Å². The molecule has 0 unspecified atom stereocenters. The molecule has 0 fully saturated rings. The average molecular weight is 726 g/mol. The number of aromatic hydroxyl groups is 2. The summed E-state index contributed by atoms with van der Waals surface area (Å²) in [4.78, 5) is 22.5. The highest BCUT2D eigenvalue weighted by Crippen LogP contribution is 2.24. The number of hydrogen-bond donors (Lipinski definition) is 5. The zero-order valence-electron chi connectivity index (χ0n) is 27.1. The maximum atomic E-state index is 12.1. The third-order valence-electron chi connectivity index (χ3n) is 6.89. The topological polar surface area (TPSA) is 151 Å². The Labute approximate surface area is 305 Å². The molecular weight excluding hydrogens is 691 g/mol. The quantitative estimate of drug-likeness (QED) is 0.0989. The summed E-state index contributed by atoms with van der Waals surface area (Å²) in [5.41, 5.74) is 7.50. The van der Waals surface area contributed by atoms with Gasteiger partial charge in [-0.05, 0) is 96.1 Å². The molecule has 0 bridgehead atoms. The fourth-order valence-corrected chi connectivity index (χ4v) is 4.61. The molecule has 6 N–H and O–H groups in total. The van der Waals surface area contributed by atoms with Gasteiger partial charge in [0.05, 0.1) is 5.56 Å². The van der Waals surface area contributed by atoms with Crippen LogP contribution in [0.4, 0.5) is 0 Å². The highest BCUT2D eigenvalue weighted by atomic mass is 35.5. The van der Waals surface area contributed by atoms with Crippen molar-refractivity contribution in [2.24, 2.45) is 5.73 Å². The minimum Gasteiger partial charge on any atom is -0.507 e. The Morgan fingerprint density at radius 2 is 0.980 bits per heavy atom. The molecule has 260 valence electrons. The Kier molecular flexibility index (Phi) is 14.3. The molecule has 0 atom stereocenters. The number of carbonyl (C=O) groups is 2. The molecule has 0 saturated carbocycles. The number of hydrogen-bond acceptors (Lipinski definition) is 7. The van der Waals surface area contributed by atoms with Gasteiger partial charge in [0, 0.05) is 23.1 Å². The van der Waals surface area contributed by atoms with Gasteiger partial charge in [-0.2, -0.15) is 0 Å². The number of phenols is 2. The summed E-state index contributed by atoms with van der Waals surface area (Å²) in [6.07, 6.45) is 0. The number of phenolic OH excluding ortho intramolecular Hbond substituents is 1. The second kappa shape index (κ2) is 19.3. The number of carboxylic acids is 1. The standard InChI is InChI=1S/C20H16ClNO3.C13H13NO.C7H5ClO3/c21-15-8-11-19(23)18(12-15)20(24)22-13-14-6-9-17(10-7-14)25-16-4-2-1-3-5-16;14-10-11-6-8-13(9-7-11)15-12-4-2-1-3-5-12;8-4-1-2-6(9)5(3-4)7(10)11/h1-12,23H,13H2,(H,22,24);1-9H,10,14H2;1-3,9H,(H,10,11). The van der Waals surface area contributed by atoms with Crippen LogP contribution in [0, 0.1) is 0 Å². The number of carboxylic acid groups (broad SMARTS) is 1. The molecule has 6 aromatic rings. The largest absolute Gasteiger partial charge is 0.507 e. The Morgan fingerprint density at radius 3 is 1.41 bits per heavy atom. The van der Waals surface area contributed by atoms with E-state index in [4.69, 9.17) is 48.6 Å². The van der Waals surface area contributed by atoms with E-state index in [0.717, 1.165) is 28.4 Å². The first kappa shape index (κ1) is 37.8. The van der Waals surface area contributed by atoms with E-state index < -0.39 is 5.97 Å². The highest BCUT2D eigenvalue weighted by molar-refractivity contribution is 6.31. The van der Waals surface area contributed by atoms with Crippen molar-refractivity contribution in [2.45, 2.75) is 13.1 Å². The molecule has 0 heterocycles. The Morgan fingerprint density at radius 1 is 0.569 bits per heavy atom. The molecule has 0 aliphatic rings. The van der Waals surface area contributed by atoms with Crippen LogP contribution in [0.1, 0.15) is 31.8 Å². The fraction of sp³-hybridized carbons (Fsp3) is 0.0500. The molecule has 51 heavy (non-hydrogen) atoms. The summed E-state index contributed by atoms with van der Waals surface area (Å²) >= 11 is 11.3. The summed E-state index contributed by atoms with van der Waals surface area (Å²) < 4.78 is 11.4. The lowest BCUT2D eigenvalue weighted by Gasteiger charge is -2.09. The minimum absolute atomic E-state index is 0.103. The van der Waals surface area contributed by atoms with Crippen molar-refractivity contribution in [3.05, 3.63) is 178 Å². The van der Waals surface area contributed by atoms with Crippen LogP contribution in [-0.4, -0.2) is 27.2 Å². The number of carbonyl (C=O) groups excluding carboxylic acids is 1. The van der Waals surface area contributed by atoms with Gasteiger partial charge in [-0.1, -0.05) is 83.9 Å². The molecule has 0 aliphatic heterocycles. The fourth-order valence-electron chi connectivity index (χ4n) is 4.27. The normalized spacial score (nSPS) is 10.0. The Hall–Kier alpha value is -6.00. The molecule has 11 heteroatoms. The SMILES string of the molecule is NCc1ccc(Oc2ccccc2)cc1.O=C(NCc1ccc(Oc2ccccc2)cc1)c1cc(Cl)ccc1O.O=C(O)c1cc(Cl)ccc1O. The monoisotopic (exact) mass is 724 g/mol. The number of para-hydroxylation sites is 2. The van der Waals surface area contributed by atoms with E-state index in [2.05, 4.69) is 5.32 Å². The first-order chi connectivity index (χ1) is 24.6. The molecule has 6 rings (SSSR count). The smallest absolute Gasteiger partial charge is 0.339 e.